The van der Waals surface area contributed by atoms with Crippen molar-refractivity contribution in [1.82, 2.24) is 14.5 Å². The van der Waals surface area contributed by atoms with Crippen LogP contribution < -0.4 is 0 Å². The Morgan fingerprint density at radius 1 is 0.350 bits per heavy atom. The average Bonchev–Trinajstić information content (AvgIpc) is 3.66. The third kappa shape index (κ3) is 5.84. The summed E-state index contributed by atoms with van der Waals surface area (Å²) in [7, 11) is 0. The van der Waals surface area contributed by atoms with Crippen molar-refractivity contribution in [3.63, 3.8) is 0 Å². The molecule has 2 aromatic heterocycles. The van der Waals surface area contributed by atoms with Gasteiger partial charge in [0.1, 0.15) is 0 Å². The van der Waals surface area contributed by atoms with E-state index in [2.05, 4.69) is 180 Å². The molecule has 1 aliphatic heterocycles. The first-order valence-electron chi connectivity index (χ1n) is 20.3. The van der Waals surface area contributed by atoms with Crippen molar-refractivity contribution >= 4 is 44.3 Å². The summed E-state index contributed by atoms with van der Waals surface area (Å²) in [6, 6.07) is 76.2. The van der Waals surface area contributed by atoms with Gasteiger partial charge in [-0.15, -0.1) is 0 Å². The fourth-order valence-corrected chi connectivity index (χ4v) is 10.0. The Morgan fingerprint density at radius 2 is 0.950 bits per heavy atom. The summed E-state index contributed by atoms with van der Waals surface area (Å²) in [4.78, 5) is 12.7. The minimum Gasteiger partial charge on any atom is -0.309 e. The monoisotopic (exact) mass is 781 g/mol. The van der Waals surface area contributed by atoms with Crippen molar-refractivity contribution in [2.75, 3.05) is 0 Å². The Balaban J connectivity index is 0.908. The van der Waals surface area contributed by atoms with Crippen LogP contribution in [-0.4, -0.2) is 14.5 Å². The van der Waals surface area contributed by atoms with Gasteiger partial charge in [-0.2, -0.15) is 0 Å². The molecule has 4 heteroatoms. The van der Waals surface area contributed by atoms with Gasteiger partial charge in [0.25, 0.3) is 0 Å². The van der Waals surface area contributed by atoms with E-state index in [9.17, 15) is 0 Å². The van der Waals surface area contributed by atoms with E-state index in [1.807, 2.05) is 48.2 Å². The summed E-state index contributed by atoms with van der Waals surface area (Å²) in [6.45, 7) is 0. The fourth-order valence-electron chi connectivity index (χ4n) is 8.90. The summed E-state index contributed by atoms with van der Waals surface area (Å²) in [6.07, 6.45) is 0. The van der Waals surface area contributed by atoms with E-state index in [0.29, 0.717) is 5.82 Å². The molecule has 0 N–H and O–H groups in total. The molecule has 9 aromatic carbocycles. The van der Waals surface area contributed by atoms with Gasteiger partial charge < -0.3 is 4.57 Å². The smallest absolute Gasteiger partial charge is 0.160 e. The van der Waals surface area contributed by atoms with Crippen LogP contribution in [0.5, 0.6) is 0 Å². The SMILES string of the molecule is c1ccc(-c2cc(-c3ccccc3)nc(-c3ccc(-c4cccc(-n5c6ccccc6c6cc(-c7ccc8c(c7)-c7cccc9cccc(c79)S8)ccc65)c4)cc3)n2)cc1. The van der Waals surface area contributed by atoms with Crippen molar-refractivity contribution < 1.29 is 0 Å². The van der Waals surface area contributed by atoms with Crippen LogP contribution in [0.15, 0.2) is 222 Å². The first-order chi connectivity index (χ1) is 29.7. The summed E-state index contributed by atoms with van der Waals surface area (Å²) < 4.78 is 2.40. The molecule has 0 amide bonds. The van der Waals surface area contributed by atoms with E-state index in [0.717, 1.165) is 44.9 Å². The van der Waals surface area contributed by atoms with Gasteiger partial charge in [-0.05, 0) is 93.4 Å². The molecular formula is C56H35N3S. The zero-order valence-corrected chi connectivity index (χ0v) is 33.3. The van der Waals surface area contributed by atoms with Gasteiger partial charge >= 0.3 is 0 Å². The Hall–Kier alpha value is -7.53. The summed E-state index contributed by atoms with van der Waals surface area (Å²) >= 11 is 1.87. The highest BCUT2D eigenvalue weighted by Gasteiger charge is 2.20. The lowest BCUT2D eigenvalue weighted by atomic mass is 9.94. The molecule has 3 nitrogen and oxygen atoms in total. The maximum atomic E-state index is 5.05. The molecule has 0 fully saturated rings. The van der Waals surface area contributed by atoms with E-state index in [1.54, 1.807) is 0 Å². The van der Waals surface area contributed by atoms with Crippen LogP contribution in [0.4, 0.5) is 0 Å². The van der Waals surface area contributed by atoms with Crippen LogP contribution in [0.25, 0.3) is 106 Å². The lowest BCUT2D eigenvalue weighted by Crippen LogP contribution is -1.96. The Morgan fingerprint density at radius 3 is 1.73 bits per heavy atom. The Labute approximate surface area is 352 Å². The van der Waals surface area contributed by atoms with Gasteiger partial charge in [0.15, 0.2) is 5.82 Å². The molecular weight excluding hydrogens is 747 g/mol. The van der Waals surface area contributed by atoms with Crippen LogP contribution in [-0.2, 0) is 0 Å². The van der Waals surface area contributed by atoms with Gasteiger partial charge in [-0.3, -0.25) is 0 Å². The highest BCUT2D eigenvalue weighted by Crippen LogP contribution is 2.49. The molecule has 0 saturated carbocycles. The maximum absolute atomic E-state index is 5.05. The normalized spacial score (nSPS) is 11.9. The standard InChI is InChI=1S/C56H35N3S/c1-3-12-37(13-4-1)49-35-50(38-14-5-2-6-15-38)58-56(57-49)40-26-24-36(25-27-40)41-18-9-19-44(32-41)59-51-22-8-7-20-45(51)47-33-42(28-30-52(47)59)43-29-31-53-48(34-43)46-21-10-16-39-17-11-23-54(60-53)55(39)46/h1-35H. The van der Waals surface area contributed by atoms with Crippen LogP contribution >= 0.6 is 11.8 Å². The zero-order chi connectivity index (χ0) is 39.6. The number of benzene rings is 9. The van der Waals surface area contributed by atoms with Crippen LogP contribution in [0.2, 0.25) is 0 Å². The van der Waals surface area contributed by atoms with Crippen molar-refractivity contribution in [3.8, 4) is 73.0 Å². The minimum atomic E-state index is 0.706. The van der Waals surface area contributed by atoms with Gasteiger partial charge in [0, 0.05) is 48.3 Å². The quantitative estimate of drug-likeness (QED) is 0.168. The molecule has 11 aromatic rings. The molecule has 0 spiro atoms. The summed E-state index contributed by atoms with van der Waals surface area (Å²) in [5, 5.41) is 5.13. The second-order valence-electron chi connectivity index (χ2n) is 15.4. The van der Waals surface area contributed by atoms with E-state index in [-0.39, 0.29) is 0 Å². The topological polar surface area (TPSA) is 30.7 Å². The van der Waals surface area contributed by atoms with Crippen molar-refractivity contribution in [2.24, 2.45) is 0 Å². The number of para-hydroxylation sites is 1. The van der Waals surface area contributed by atoms with E-state index >= 15 is 0 Å². The van der Waals surface area contributed by atoms with Crippen molar-refractivity contribution in [2.45, 2.75) is 9.79 Å². The molecule has 0 aliphatic carbocycles. The zero-order valence-electron chi connectivity index (χ0n) is 32.5. The summed E-state index contributed by atoms with van der Waals surface area (Å²) in [5.74, 6) is 0.706. The molecule has 3 heterocycles. The third-order valence-electron chi connectivity index (χ3n) is 11.8. The van der Waals surface area contributed by atoms with Crippen molar-refractivity contribution in [3.05, 3.63) is 212 Å². The van der Waals surface area contributed by atoms with Gasteiger partial charge in [0.05, 0.1) is 22.4 Å². The highest BCUT2D eigenvalue weighted by atomic mass is 32.2. The minimum absolute atomic E-state index is 0.706. The Kier molecular flexibility index (Phi) is 8.10. The largest absolute Gasteiger partial charge is 0.309 e. The van der Waals surface area contributed by atoms with Gasteiger partial charge in [-0.25, -0.2) is 9.97 Å². The lowest BCUT2D eigenvalue weighted by Gasteiger charge is -2.21. The molecule has 1 aliphatic rings. The fraction of sp³-hybridized carbons (Fsp3) is 0. The van der Waals surface area contributed by atoms with Crippen molar-refractivity contribution in [1.29, 1.82) is 0 Å². The van der Waals surface area contributed by atoms with E-state index in [1.165, 1.54) is 64.6 Å². The lowest BCUT2D eigenvalue weighted by molar-refractivity contribution is 1.18. The first kappa shape index (κ1) is 34.5. The first-order valence-corrected chi connectivity index (χ1v) is 21.1. The highest BCUT2D eigenvalue weighted by molar-refractivity contribution is 7.99. The second kappa shape index (κ2) is 14.1. The Bertz CT molecular complexity index is 3380. The number of hydrogen-bond donors (Lipinski definition) is 0. The third-order valence-corrected chi connectivity index (χ3v) is 12.9. The van der Waals surface area contributed by atoms with Gasteiger partial charge in [0.2, 0.25) is 0 Å². The molecule has 12 rings (SSSR count). The summed E-state index contributed by atoms with van der Waals surface area (Å²) in [5.41, 5.74) is 15.7. The van der Waals surface area contributed by atoms with Crippen LogP contribution in [0, 0.1) is 0 Å². The molecule has 0 saturated heterocycles. The van der Waals surface area contributed by atoms with Gasteiger partial charge in [-0.1, -0.05) is 169 Å². The van der Waals surface area contributed by atoms with Crippen LogP contribution in [0.1, 0.15) is 0 Å². The average molecular weight is 782 g/mol. The molecule has 60 heavy (non-hydrogen) atoms. The maximum Gasteiger partial charge on any atom is 0.160 e. The number of aromatic nitrogens is 3. The number of hydrogen-bond acceptors (Lipinski definition) is 3. The predicted octanol–water partition coefficient (Wildman–Crippen LogP) is 15.2. The molecule has 0 atom stereocenters. The van der Waals surface area contributed by atoms with Crippen LogP contribution in [0.3, 0.4) is 0 Å². The van der Waals surface area contributed by atoms with E-state index < -0.39 is 0 Å². The molecule has 0 bridgehead atoms. The number of rotatable bonds is 6. The van der Waals surface area contributed by atoms with E-state index in [4.69, 9.17) is 9.97 Å². The molecule has 280 valence electrons. The molecule has 0 radical (unpaired) electrons. The second-order valence-corrected chi connectivity index (χ2v) is 16.5. The predicted molar refractivity (Wildman–Crippen MR) is 251 cm³/mol. The number of fused-ring (bicyclic) bond motifs is 5. The molecule has 0 unspecified atom stereocenters. The number of nitrogens with zero attached hydrogens (tertiary/aromatic N) is 3.